The SMILES string of the molecule is CC1(C)OCC=C[C@](C)(O)[C@@H]2CC[C@H]2CN2C[C@@]3(CCCc4cc(Cl)ccc43)COc3ccc(cc32)S(=O)(=O)NC1=O. The molecule has 4 aliphatic rings. The summed E-state index contributed by atoms with van der Waals surface area (Å²) < 4.78 is 41.4. The van der Waals surface area contributed by atoms with Crippen LogP contribution in [0.25, 0.3) is 0 Å². The largest absolute Gasteiger partial charge is 0.490 e. The molecule has 6 rings (SSSR count). The Morgan fingerprint density at radius 1 is 1.12 bits per heavy atom. The van der Waals surface area contributed by atoms with Gasteiger partial charge in [0.05, 0.1) is 29.4 Å². The third-order valence-electron chi connectivity index (χ3n) is 9.71. The summed E-state index contributed by atoms with van der Waals surface area (Å²) in [6.45, 7) is 6.65. The summed E-state index contributed by atoms with van der Waals surface area (Å²) >= 11 is 6.38. The molecule has 8 nitrogen and oxygen atoms in total. The number of hydrogen-bond acceptors (Lipinski definition) is 7. The van der Waals surface area contributed by atoms with E-state index < -0.39 is 27.1 Å². The number of benzene rings is 2. The van der Waals surface area contributed by atoms with Crippen LogP contribution in [0.1, 0.15) is 57.6 Å². The zero-order valence-corrected chi connectivity index (χ0v) is 25.9. The first-order valence-electron chi connectivity index (χ1n) is 14.7. The molecule has 10 heteroatoms. The molecule has 0 radical (unpaired) electrons. The zero-order valence-electron chi connectivity index (χ0n) is 24.4. The van der Waals surface area contributed by atoms with Gasteiger partial charge in [-0.05, 0) is 106 Å². The van der Waals surface area contributed by atoms with Crippen molar-refractivity contribution in [3.63, 3.8) is 0 Å². The van der Waals surface area contributed by atoms with E-state index in [1.54, 1.807) is 24.3 Å². The quantitative estimate of drug-likeness (QED) is 0.412. The molecule has 1 amide bonds. The fourth-order valence-corrected chi connectivity index (χ4v) is 8.45. The van der Waals surface area contributed by atoms with Crippen molar-refractivity contribution in [2.45, 2.75) is 74.4 Å². The van der Waals surface area contributed by atoms with Gasteiger partial charge in [0.1, 0.15) is 11.4 Å². The van der Waals surface area contributed by atoms with Crippen molar-refractivity contribution in [3.8, 4) is 5.75 Å². The standard InChI is InChI=1S/C32H39ClN2O6S/c1-30(2)29(36)34-42(38,39)24-9-12-28-27(17-24)35(18-22-7-10-25(22)31(3,37)13-5-15-41-30)19-32(20-40-28)14-4-6-21-16-23(33)8-11-26(21)32/h5,8-9,11-13,16-17,22,25,37H,4,6-7,10,14-15,18-20H2,1-3H3,(H,34,36)/t22-,25+,31-,32-/m0/s1. The smallest absolute Gasteiger partial charge is 0.265 e. The Labute approximate surface area is 253 Å². The molecule has 0 aromatic heterocycles. The molecule has 2 aromatic carbocycles. The van der Waals surface area contributed by atoms with Crippen molar-refractivity contribution in [2.24, 2.45) is 11.8 Å². The molecule has 0 saturated heterocycles. The lowest BCUT2D eigenvalue weighted by atomic mass is 9.64. The number of aliphatic hydroxyl groups is 1. The van der Waals surface area contributed by atoms with Crippen LogP contribution in [-0.4, -0.2) is 56.9 Å². The van der Waals surface area contributed by atoms with Crippen molar-refractivity contribution in [3.05, 3.63) is 64.7 Å². The molecule has 226 valence electrons. The molecule has 0 unspecified atom stereocenters. The number of nitrogens with one attached hydrogen (secondary N) is 1. The van der Waals surface area contributed by atoms with Crippen LogP contribution in [0.2, 0.25) is 5.02 Å². The molecular formula is C32H39ClN2O6S. The van der Waals surface area contributed by atoms with Gasteiger partial charge < -0.3 is 19.5 Å². The molecule has 2 bridgehead atoms. The highest BCUT2D eigenvalue weighted by Gasteiger charge is 2.46. The predicted octanol–water partition coefficient (Wildman–Crippen LogP) is 4.76. The average molecular weight is 615 g/mol. The summed E-state index contributed by atoms with van der Waals surface area (Å²) in [6, 6.07) is 10.9. The predicted molar refractivity (Wildman–Crippen MR) is 162 cm³/mol. The first-order chi connectivity index (χ1) is 19.8. The number of fused-ring (bicyclic) bond motifs is 4. The Balaban J connectivity index is 1.46. The summed E-state index contributed by atoms with van der Waals surface area (Å²) in [6.07, 6.45) is 8.18. The monoisotopic (exact) mass is 614 g/mol. The lowest BCUT2D eigenvalue weighted by molar-refractivity contribution is -0.139. The van der Waals surface area contributed by atoms with Gasteiger partial charge in [-0.15, -0.1) is 0 Å². The number of amides is 1. The maximum absolute atomic E-state index is 13.5. The Hall–Kier alpha value is -2.59. The molecule has 4 atom stereocenters. The van der Waals surface area contributed by atoms with Gasteiger partial charge in [0.2, 0.25) is 0 Å². The number of ether oxygens (including phenoxy) is 2. The van der Waals surface area contributed by atoms with Crippen molar-refractivity contribution in [1.29, 1.82) is 0 Å². The van der Waals surface area contributed by atoms with E-state index in [4.69, 9.17) is 21.1 Å². The van der Waals surface area contributed by atoms with E-state index in [-0.39, 0.29) is 28.8 Å². The van der Waals surface area contributed by atoms with Crippen LogP contribution in [0.5, 0.6) is 5.75 Å². The number of anilines is 1. The first-order valence-corrected chi connectivity index (χ1v) is 16.6. The minimum atomic E-state index is -4.19. The third-order valence-corrected chi connectivity index (χ3v) is 11.3. The second kappa shape index (κ2) is 10.5. The fraction of sp³-hybridized carbons (Fsp3) is 0.531. The number of aryl methyl sites for hydroxylation is 1. The second-order valence-corrected chi connectivity index (χ2v) is 15.2. The number of carbonyl (C=O) groups is 1. The molecule has 1 spiro atoms. The summed E-state index contributed by atoms with van der Waals surface area (Å²) in [5.74, 6) is 0.0379. The molecular weight excluding hydrogens is 576 g/mol. The Bertz CT molecular complexity index is 1540. The van der Waals surface area contributed by atoms with E-state index in [9.17, 15) is 18.3 Å². The van der Waals surface area contributed by atoms with Gasteiger partial charge in [-0.3, -0.25) is 4.79 Å². The minimum absolute atomic E-state index is 0.0186. The topological polar surface area (TPSA) is 105 Å². The summed E-state index contributed by atoms with van der Waals surface area (Å²) in [4.78, 5) is 15.3. The maximum Gasteiger partial charge on any atom is 0.265 e. The average Bonchev–Trinajstić information content (AvgIpc) is 3.05. The van der Waals surface area contributed by atoms with E-state index in [0.29, 0.717) is 36.2 Å². The van der Waals surface area contributed by atoms with Gasteiger partial charge in [0.25, 0.3) is 15.9 Å². The number of hydrogen-bond donors (Lipinski definition) is 2. The Morgan fingerprint density at radius 2 is 1.93 bits per heavy atom. The summed E-state index contributed by atoms with van der Waals surface area (Å²) in [5, 5.41) is 12.2. The Morgan fingerprint density at radius 3 is 2.69 bits per heavy atom. The van der Waals surface area contributed by atoms with E-state index in [1.807, 2.05) is 19.1 Å². The lowest BCUT2D eigenvalue weighted by Crippen LogP contribution is -2.51. The lowest BCUT2D eigenvalue weighted by Gasteiger charge is -2.48. The number of sulfonamides is 1. The van der Waals surface area contributed by atoms with E-state index in [0.717, 1.165) is 32.1 Å². The molecule has 2 aliphatic carbocycles. The van der Waals surface area contributed by atoms with Gasteiger partial charge in [-0.1, -0.05) is 29.8 Å². The molecule has 2 aromatic rings. The van der Waals surface area contributed by atoms with Gasteiger partial charge in [-0.2, -0.15) is 0 Å². The summed E-state index contributed by atoms with van der Waals surface area (Å²) in [5.41, 5.74) is 0.339. The Kier molecular flexibility index (Phi) is 7.40. The second-order valence-electron chi connectivity index (χ2n) is 13.1. The van der Waals surface area contributed by atoms with Crippen molar-refractivity contribution in [2.75, 3.05) is 31.2 Å². The van der Waals surface area contributed by atoms with Crippen LogP contribution in [0.15, 0.2) is 53.4 Å². The molecule has 2 aliphatic heterocycles. The fourth-order valence-electron chi connectivity index (χ4n) is 7.14. The van der Waals surface area contributed by atoms with Crippen molar-refractivity contribution in [1.82, 2.24) is 4.72 Å². The molecule has 1 fully saturated rings. The van der Waals surface area contributed by atoms with Crippen molar-refractivity contribution >= 4 is 33.2 Å². The number of halogens is 1. The summed E-state index contributed by atoms with van der Waals surface area (Å²) in [7, 11) is -4.19. The van der Waals surface area contributed by atoms with E-state index in [1.165, 1.54) is 31.0 Å². The van der Waals surface area contributed by atoms with Crippen LogP contribution in [0.4, 0.5) is 5.69 Å². The van der Waals surface area contributed by atoms with Crippen LogP contribution >= 0.6 is 11.6 Å². The van der Waals surface area contributed by atoms with Gasteiger partial charge in [0, 0.05) is 23.5 Å². The maximum atomic E-state index is 13.5. The number of nitrogens with zero attached hydrogens (tertiary/aromatic N) is 1. The number of carbonyl (C=O) groups excluding carboxylic acids is 1. The molecule has 2 heterocycles. The molecule has 1 saturated carbocycles. The highest BCUT2D eigenvalue weighted by Crippen LogP contribution is 2.48. The molecule has 2 N–H and O–H groups in total. The van der Waals surface area contributed by atoms with Crippen LogP contribution < -0.4 is 14.4 Å². The van der Waals surface area contributed by atoms with Gasteiger partial charge in [-0.25, -0.2) is 13.1 Å². The first kappa shape index (κ1) is 29.5. The normalized spacial score (nSPS) is 32.0. The van der Waals surface area contributed by atoms with E-state index >= 15 is 0 Å². The van der Waals surface area contributed by atoms with Crippen molar-refractivity contribution < 1.29 is 27.8 Å². The van der Waals surface area contributed by atoms with Crippen LogP contribution in [0, 0.1) is 11.8 Å². The van der Waals surface area contributed by atoms with Crippen LogP contribution in [0.3, 0.4) is 0 Å². The highest BCUT2D eigenvalue weighted by molar-refractivity contribution is 7.90. The zero-order chi connectivity index (χ0) is 29.9. The van der Waals surface area contributed by atoms with Gasteiger partial charge in [0.15, 0.2) is 0 Å². The van der Waals surface area contributed by atoms with E-state index in [2.05, 4.69) is 15.7 Å². The molecule has 42 heavy (non-hydrogen) atoms. The number of rotatable bonds is 0. The van der Waals surface area contributed by atoms with Crippen LogP contribution in [-0.2, 0) is 31.4 Å². The highest BCUT2D eigenvalue weighted by atomic mass is 35.5. The minimum Gasteiger partial charge on any atom is -0.490 e. The van der Waals surface area contributed by atoms with Gasteiger partial charge >= 0.3 is 0 Å². The third kappa shape index (κ3) is 5.34.